The number of ether oxygens (including phenoxy) is 1. The summed E-state index contributed by atoms with van der Waals surface area (Å²) in [6.07, 6.45) is 5.02. The molecule has 1 saturated heterocycles. The van der Waals surface area contributed by atoms with Gasteiger partial charge in [-0.3, -0.25) is 0 Å². The van der Waals surface area contributed by atoms with Crippen LogP contribution in [0.1, 0.15) is 47.3 Å². The molecule has 0 radical (unpaired) electrons. The molecular weight excluding hydrogens is 310 g/mol. The van der Waals surface area contributed by atoms with Crippen LogP contribution < -0.4 is 0 Å². The van der Waals surface area contributed by atoms with Gasteiger partial charge < -0.3 is 4.74 Å². The van der Waals surface area contributed by atoms with Crippen molar-refractivity contribution in [2.45, 2.75) is 43.9 Å². The molecule has 0 bridgehead atoms. The lowest BCUT2D eigenvalue weighted by atomic mass is 10.1. The number of esters is 1. The molecule has 0 unspecified atom stereocenters. The number of aryl methyl sites for hydroxylation is 1. The van der Waals surface area contributed by atoms with E-state index in [4.69, 9.17) is 4.74 Å². The minimum absolute atomic E-state index is 0.125. The molecule has 0 aromatic carbocycles. The fourth-order valence-corrected chi connectivity index (χ4v) is 5.75. The van der Waals surface area contributed by atoms with E-state index in [0.29, 0.717) is 18.7 Å². The van der Waals surface area contributed by atoms with Crippen LogP contribution >= 0.6 is 11.3 Å². The Morgan fingerprint density at radius 2 is 1.76 bits per heavy atom. The molecule has 1 fully saturated rings. The first-order valence-electron chi connectivity index (χ1n) is 7.15. The minimum Gasteiger partial charge on any atom is -0.465 e. The molecule has 0 aliphatic carbocycles. The van der Waals surface area contributed by atoms with E-state index in [2.05, 4.69) is 0 Å². The van der Waals surface area contributed by atoms with Gasteiger partial charge in [0.25, 0.3) is 0 Å². The van der Waals surface area contributed by atoms with Gasteiger partial charge in [0.15, 0.2) is 0 Å². The average molecular weight is 331 g/mol. The fraction of sp³-hybridized carbons (Fsp3) is 0.643. The average Bonchev–Trinajstić information content (AvgIpc) is 2.79. The standard InChI is InChI=1S/C14H21NO4S2/c1-11-10-20-12(14(16)19-2)13(11)21(17,18)15-8-6-4-3-5-7-9-15/h10H,3-9H2,1-2H3. The van der Waals surface area contributed by atoms with Crippen LogP contribution in [0.25, 0.3) is 0 Å². The zero-order chi connectivity index (χ0) is 15.5. The Bertz CT molecular complexity index is 598. The van der Waals surface area contributed by atoms with Crippen molar-refractivity contribution in [1.29, 1.82) is 0 Å². The monoisotopic (exact) mass is 331 g/mol. The molecular formula is C14H21NO4S2. The molecule has 2 heterocycles. The number of carbonyl (C=O) groups is 1. The van der Waals surface area contributed by atoms with Crippen LogP contribution in [0, 0.1) is 6.92 Å². The number of nitrogens with zero attached hydrogens (tertiary/aromatic N) is 1. The van der Waals surface area contributed by atoms with Crippen LogP contribution in [0.15, 0.2) is 10.3 Å². The van der Waals surface area contributed by atoms with Gasteiger partial charge in [-0.15, -0.1) is 11.3 Å². The van der Waals surface area contributed by atoms with Gasteiger partial charge in [0.2, 0.25) is 10.0 Å². The molecule has 7 heteroatoms. The van der Waals surface area contributed by atoms with Crippen LogP contribution in [0.5, 0.6) is 0 Å². The van der Waals surface area contributed by atoms with Gasteiger partial charge in [0.1, 0.15) is 9.77 Å². The highest BCUT2D eigenvalue weighted by atomic mass is 32.2. The highest BCUT2D eigenvalue weighted by molar-refractivity contribution is 7.89. The lowest BCUT2D eigenvalue weighted by molar-refractivity contribution is 0.0602. The lowest BCUT2D eigenvalue weighted by Gasteiger charge is -2.24. The molecule has 0 saturated carbocycles. The first-order valence-corrected chi connectivity index (χ1v) is 9.47. The van der Waals surface area contributed by atoms with Crippen LogP contribution in [-0.2, 0) is 14.8 Å². The lowest BCUT2D eigenvalue weighted by Crippen LogP contribution is -2.34. The third kappa shape index (κ3) is 3.46. The summed E-state index contributed by atoms with van der Waals surface area (Å²) in [5.74, 6) is -0.585. The predicted molar refractivity (Wildman–Crippen MR) is 82.2 cm³/mol. The van der Waals surface area contributed by atoms with Gasteiger partial charge in [-0.1, -0.05) is 19.3 Å². The van der Waals surface area contributed by atoms with E-state index in [-0.39, 0.29) is 9.77 Å². The number of rotatable bonds is 3. The van der Waals surface area contributed by atoms with Crippen molar-refractivity contribution in [3.05, 3.63) is 15.8 Å². The Morgan fingerprint density at radius 1 is 1.19 bits per heavy atom. The van der Waals surface area contributed by atoms with E-state index >= 15 is 0 Å². The highest BCUT2D eigenvalue weighted by Crippen LogP contribution is 2.31. The number of thiophene rings is 1. The summed E-state index contributed by atoms with van der Waals surface area (Å²) in [5, 5.41) is 1.70. The summed E-state index contributed by atoms with van der Waals surface area (Å²) in [6, 6.07) is 0. The topological polar surface area (TPSA) is 63.7 Å². The Balaban J connectivity index is 2.38. The van der Waals surface area contributed by atoms with Crippen molar-refractivity contribution >= 4 is 27.3 Å². The first-order chi connectivity index (χ1) is 9.98. The SMILES string of the molecule is COC(=O)c1scc(C)c1S(=O)(=O)N1CCCCCCC1. The van der Waals surface area contributed by atoms with Gasteiger partial charge in [-0.25, -0.2) is 13.2 Å². The van der Waals surface area contributed by atoms with E-state index < -0.39 is 16.0 Å². The molecule has 0 atom stereocenters. The van der Waals surface area contributed by atoms with Crippen LogP contribution in [0.3, 0.4) is 0 Å². The molecule has 1 aromatic rings. The van der Waals surface area contributed by atoms with E-state index in [1.807, 2.05) is 0 Å². The molecule has 21 heavy (non-hydrogen) atoms. The summed E-state index contributed by atoms with van der Waals surface area (Å²) in [4.78, 5) is 12.1. The summed E-state index contributed by atoms with van der Waals surface area (Å²) < 4.78 is 32.0. The first kappa shape index (κ1) is 16.5. The third-order valence-electron chi connectivity index (χ3n) is 3.70. The van der Waals surface area contributed by atoms with Crippen molar-refractivity contribution in [3.63, 3.8) is 0 Å². The van der Waals surface area contributed by atoms with Crippen molar-refractivity contribution in [1.82, 2.24) is 4.31 Å². The Kier molecular flexibility index (Phi) is 5.40. The maximum atomic E-state index is 12.9. The molecule has 1 aliphatic rings. The maximum absolute atomic E-state index is 12.9. The zero-order valence-electron chi connectivity index (χ0n) is 12.4. The number of hydrogen-bond donors (Lipinski definition) is 0. The molecule has 0 spiro atoms. The maximum Gasteiger partial charge on any atom is 0.349 e. The normalized spacial score (nSPS) is 18.0. The van der Waals surface area contributed by atoms with E-state index in [1.165, 1.54) is 17.8 Å². The van der Waals surface area contributed by atoms with Crippen molar-refractivity contribution < 1.29 is 17.9 Å². The number of sulfonamides is 1. The zero-order valence-corrected chi connectivity index (χ0v) is 14.1. The van der Waals surface area contributed by atoms with Crippen molar-refractivity contribution in [3.8, 4) is 0 Å². The van der Waals surface area contributed by atoms with Crippen LogP contribution in [0.2, 0.25) is 0 Å². The van der Waals surface area contributed by atoms with Crippen LogP contribution in [0.4, 0.5) is 0 Å². The number of hydrogen-bond acceptors (Lipinski definition) is 5. The summed E-state index contributed by atoms with van der Waals surface area (Å²) in [5.41, 5.74) is 0.613. The summed E-state index contributed by atoms with van der Waals surface area (Å²) >= 11 is 1.13. The third-order valence-corrected chi connectivity index (χ3v) is 7.00. The quantitative estimate of drug-likeness (QED) is 0.799. The van der Waals surface area contributed by atoms with E-state index in [0.717, 1.165) is 37.0 Å². The van der Waals surface area contributed by atoms with E-state index in [1.54, 1.807) is 12.3 Å². The fourth-order valence-electron chi connectivity index (χ4n) is 2.58. The predicted octanol–water partition coefficient (Wildman–Crippen LogP) is 2.80. The Labute approximate surface area is 130 Å². The van der Waals surface area contributed by atoms with Gasteiger partial charge in [-0.05, 0) is 30.7 Å². The Morgan fingerprint density at radius 3 is 2.33 bits per heavy atom. The van der Waals surface area contributed by atoms with Crippen molar-refractivity contribution in [2.24, 2.45) is 0 Å². The largest absolute Gasteiger partial charge is 0.465 e. The van der Waals surface area contributed by atoms with Gasteiger partial charge in [0, 0.05) is 13.1 Å². The highest BCUT2D eigenvalue weighted by Gasteiger charge is 2.32. The number of methoxy groups -OCH3 is 1. The molecule has 118 valence electrons. The van der Waals surface area contributed by atoms with Gasteiger partial charge in [0.05, 0.1) is 7.11 Å². The summed E-state index contributed by atoms with van der Waals surface area (Å²) in [6.45, 7) is 2.77. The van der Waals surface area contributed by atoms with E-state index in [9.17, 15) is 13.2 Å². The molecule has 1 aliphatic heterocycles. The second-order valence-corrected chi connectivity index (χ2v) is 7.99. The molecule has 1 aromatic heterocycles. The molecule has 0 amide bonds. The van der Waals surface area contributed by atoms with Gasteiger partial charge in [-0.2, -0.15) is 4.31 Å². The molecule has 5 nitrogen and oxygen atoms in total. The molecule has 2 rings (SSSR count). The number of carbonyl (C=O) groups excluding carboxylic acids is 1. The smallest absolute Gasteiger partial charge is 0.349 e. The van der Waals surface area contributed by atoms with Gasteiger partial charge >= 0.3 is 5.97 Å². The second-order valence-electron chi connectivity index (χ2n) is 5.24. The second kappa shape index (κ2) is 6.89. The van der Waals surface area contributed by atoms with Crippen molar-refractivity contribution in [2.75, 3.05) is 20.2 Å². The molecule has 0 N–H and O–H groups in total. The van der Waals surface area contributed by atoms with Crippen LogP contribution in [-0.4, -0.2) is 38.9 Å². The Hall–Kier alpha value is -0.920. The minimum atomic E-state index is -3.63. The summed E-state index contributed by atoms with van der Waals surface area (Å²) in [7, 11) is -2.36.